The summed E-state index contributed by atoms with van der Waals surface area (Å²) < 4.78 is 11.8. The molecule has 2 heterocycles. The Bertz CT molecular complexity index is 349. The maximum Gasteiger partial charge on any atom is 0.319 e. The number of hydrogen-bond acceptors (Lipinski definition) is 3. The summed E-state index contributed by atoms with van der Waals surface area (Å²) in [6, 6.07) is 0.0822. The molecule has 1 atom stereocenters. The number of carbonyl (C=O) groups excluding carboxylic acids is 1. The summed E-state index contributed by atoms with van der Waals surface area (Å²) in [6.07, 6.45) is 3.73. The zero-order valence-corrected chi connectivity index (χ0v) is 11.9. The molecule has 0 radical (unpaired) electrons. The van der Waals surface area contributed by atoms with Crippen molar-refractivity contribution in [1.82, 2.24) is 9.80 Å². The van der Waals surface area contributed by atoms with E-state index in [1.165, 1.54) is 12.8 Å². The molecular formula is C14H24N2O3. The van der Waals surface area contributed by atoms with Gasteiger partial charge in [-0.2, -0.15) is 0 Å². The van der Waals surface area contributed by atoms with E-state index in [0.29, 0.717) is 5.92 Å². The van der Waals surface area contributed by atoms with Gasteiger partial charge in [-0.1, -0.05) is 0 Å². The summed E-state index contributed by atoms with van der Waals surface area (Å²) in [7, 11) is 3.58. The van der Waals surface area contributed by atoms with E-state index < -0.39 is 0 Å². The fourth-order valence-electron chi connectivity index (χ4n) is 3.05. The van der Waals surface area contributed by atoms with E-state index in [2.05, 4.69) is 0 Å². The molecule has 0 bridgehead atoms. The lowest BCUT2D eigenvalue weighted by Gasteiger charge is -2.50. The average Bonchev–Trinajstić information content (AvgIpc) is 3.04. The monoisotopic (exact) mass is 268 g/mol. The molecule has 0 aromatic heterocycles. The summed E-state index contributed by atoms with van der Waals surface area (Å²) in [5.74, 6) is 1.27. The largest absolute Gasteiger partial charge is 0.381 e. The van der Waals surface area contributed by atoms with Crippen LogP contribution in [0.25, 0.3) is 0 Å². The number of nitrogens with zero attached hydrogens (tertiary/aromatic N) is 2. The predicted octanol–water partition coefficient (Wildman–Crippen LogP) is 1.19. The molecule has 3 rings (SSSR count). The lowest BCUT2D eigenvalue weighted by molar-refractivity contribution is -0.128. The molecular weight excluding hydrogens is 244 g/mol. The SMILES string of the molecule is CN(C)C(=O)N1CC2(C1)OCC[C@@H]2COCC1CC1. The van der Waals surface area contributed by atoms with Gasteiger partial charge in [-0.25, -0.2) is 4.79 Å². The number of likely N-dealkylation sites (tertiary alicyclic amines) is 1. The lowest BCUT2D eigenvalue weighted by Crippen LogP contribution is -2.68. The fraction of sp³-hybridized carbons (Fsp3) is 0.929. The van der Waals surface area contributed by atoms with Crippen LogP contribution in [0.15, 0.2) is 0 Å². The van der Waals surface area contributed by atoms with Crippen molar-refractivity contribution in [1.29, 1.82) is 0 Å². The van der Waals surface area contributed by atoms with Crippen LogP contribution in [0.2, 0.25) is 0 Å². The van der Waals surface area contributed by atoms with Crippen molar-refractivity contribution in [3.05, 3.63) is 0 Å². The molecule has 1 saturated carbocycles. The first-order valence-corrected chi connectivity index (χ1v) is 7.29. The molecule has 19 heavy (non-hydrogen) atoms. The average molecular weight is 268 g/mol. The van der Waals surface area contributed by atoms with Crippen molar-refractivity contribution in [2.45, 2.75) is 24.9 Å². The molecule has 3 fully saturated rings. The van der Waals surface area contributed by atoms with Crippen LogP contribution in [0, 0.1) is 11.8 Å². The van der Waals surface area contributed by atoms with Crippen LogP contribution in [0.1, 0.15) is 19.3 Å². The van der Waals surface area contributed by atoms with Crippen LogP contribution in [0.5, 0.6) is 0 Å². The molecule has 0 unspecified atom stereocenters. The van der Waals surface area contributed by atoms with Crippen molar-refractivity contribution in [2.75, 3.05) is 47.0 Å². The van der Waals surface area contributed by atoms with Gasteiger partial charge < -0.3 is 19.3 Å². The van der Waals surface area contributed by atoms with Gasteiger partial charge in [0, 0.05) is 33.2 Å². The Kier molecular flexibility index (Phi) is 3.43. The molecule has 0 N–H and O–H groups in total. The van der Waals surface area contributed by atoms with E-state index in [0.717, 1.165) is 45.2 Å². The number of amides is 2. The highest BCUT2D eigenvalue weighted by molar-refractivity contribution is 5.75. The van der Waals surface area contributed by atoms with E-state index in [1.54, 1.807) is 19.0 Å². The fourth-order valence-corrected chi connectivity index (χ4v) is 3.05. The Morgan fingerprint density at radius 3 is 2.68 bits per heavy atom. The van der Waals surface area contributed by atoms with E-state index in [-0.39, 0.29) is 11.6 Å². The molecule has 2 saturated heterocycles. The van der Waals surface area contributed by atoms with Gasteiger partial charge in [0.25, 0.3) is 0 Å². The second-order valence-corrected chi connectivity index (χ2v) is 6.41. The van der Waals surface area contributed by atoms with Crippen molar-refractivity contribution >= 4 is 6.03 Å². The molecule has 2 aliphatic heterocycles. The standard InChI is InChI=1S/C14H24N2O3/c1-15(2)13(17)16-9-14(10-16)12(5-6-19-14)8-18-7-11-3-4-11/h11-12H,3-10H2,1-2H3/t12-/m1/s1. The number of carbonyl (C=O) groups is 1. The van der Waals surface area contributed by atoms with Crippen molar-refractivity contribution in [2.24, 2.45) is 11.8 Å². The summed E-state index contributed by atoms with van der Waals surface area (Å²) in [4.78, 5) is 15.3. The van der Waals surface area contributed by atoms with Crippen LogP contribution in [-0.2, 0) is 9.47 Å². The molecule has 5 nitrogen and oxygen atoms in total. The third-order valence-corrected chi connectivity index (χ3v) is 4.54. The van der Waals surface area contributed by atoms with Gasteiger partial charge in [-0.3, -0.25) is 0 Å². The van der Waals surface area contributed by atoms with Gasteiger partial charge in [-0.15, -0.1) is 0 Å². The van der Waals surface area contributed by atoms with Crippen LogP contribution in [0.3, 0.4) is 0 Å². The van der Waals surface area contributed by atoms with Crippen molar-refractivity contribution < 1.29 is 14.3 Å². The third-order valence-electron chi connectivity index (χ3n) is 4.54. The maximum absolute atomic E-state index is 11.8. The minimum absolute atomic E-state index is 0.0822. The zero-order valence-electron chi connectivity index (χ0n) is 11.9. The third kappa shape index (κ3) is 2.58. The van der Waals surface area contributed by atoms with Crippen LogP contribution >= 0.6 is 0 Å². The number of ether oxygens (including phenoxy) is 2. The zero-order chi connectivity index (χ0) is 13.5. The predicted molar refractivity (Wildman–Crippen MR) is 71.0 cm³/mol. The summed E-state index contributed by atoms with van der Waals surface area (Å²) in [5, 5.41) is 0. The molecule has 3 aliphatic rings. The van der Waals surface area contributed by atoms with Gasteiger partial charge in [0.1, 0.15) is 5.60 Å². The quantitative estimate of drug-likeness (QED) is 0.769. The van der Waals surface area contributed by atoms with Crippen LogP contribution in [-0.4, -0.2) is 68.4 Å². The minimum atomic E-state index is -0.116. The first-order chi connectivity index (χ1) is 9.11. The normalized spacial score (nSPS) is 28.5. The molecule has 1 aliphatic carbocycles. The Balaban J connectivity index is 1.48. The topological polar surface area (TPSA) is 42.0 Å². The molecule has 1 spiro atoms. The Morgan fingerprint density at radius 1 is 1.32 bits per heavy atom. The van der Waals surface area contributed by atoms with E-state index >= 15 is 0 Å². The molecule has 0 aromatic rings. The lowest BCUT2D eigenvalue weighted by atomic mass is 9.81. The number of rotatable bonds is 4. The van der Waals surface area contributed by atoms with Gasteiger partial charge in [0.05, 0.1) is 19.7 Å². The van der Waals surface area contributed by atoms with E-state index in [9.17, 15) is 4.79 Å². The molecule has 5 heteroatoms. The number of hydrogen-bond donors (Lipinski definition) is 0. The van der Waals surface area contributed by atoms with Gasteiger partial charge in [0.15, 0.2) is 0 Å². The second-order valence-electron chi connectivity index (χ2n) is 6.41. The highest BCUT2D eigenvalue weighted by Crippen LogP contribution is 2.40. The summed E-state index contributed by atoms with van der Waals surface area (Å²) in [6.45, 7) is 3.96. The number of urea groups is 1. The first-order valence-electron chi connectivity index (χ1n) is 7.29. The van der Waals surface area contributed by atoms with E-state index in [1.807, 2.05) is 4.90 Å². The summed E-state index contributed by atoms with van der Waals surface area (Å²) in [5.41, 5.74) is -0.116. The molecule has 2 amide bonds. The van der Waals surface area contributed by atoms with Crippen molar-refractivity contribution in [3.8, 4) is 0 Å². The second kappa shape index (κ2) is 4.94. The maximum atomic E-state index is 11.8. The van der Waals surface area contributed by atoms with Gasteiger partial charge in [-0.05, 0) is 25.2 Å². The Hall–Kier alpha value is -0.810. The van der Waals surface area contributed by atoms with Crippen LogP contribution in [0.4, 0.5) is 4.79 Å². The minimum Gasteiger partial charge on any atom is -0.381 e. The van der Waals surface area contributed by atoms with Gasteiger partial charge >= 0.3 is 6.03 Å². The highest BCUT2D eigenvalue weighted by atomic mass is 16.5. The highest BCUT2D eigenvalue weighted by Gasteiger charge is 2.54. The smallest absolute Gasteiger partial charge is 0.319 e. The van der Waals surface area contributed by atoms with E-state index in [4.69, 9.17) is 9.47 Å². The molecule has 108 valence electrons. The summed E-state index contributed by atoms with van der Waals surface area (Å²) >= 11 is 0. The van der Waals surface area contributed by atoms with Crippen molar-refractivity contribution in [3.63, 3.8) is 0 Å². The Morgan fingerprint density at radius 2 is 2.05 bits per heavy atom. The first kappa shape index (κ1) is 13.2. The van der Waals surface area contributed by atoms with Crippen LogP contribution < -0.4 is 0 Å². The molecule has 0 aromatic carbocycles. The Labute approximate surface area is 114 Å². The van der Waals surface area contributed by atoms with Gasteiger partial charge in [0.2, 0.25) is 0 Å².